The van der Waals surface area contributed by atoms with Crippen molar-refractivity contribution in [2.45, 2.75) is 50.2 Å². The summed E-state index contributed by atoms with van der Waals surface area (Å²) >= 11 is 0. The van der Waals surface area contributed by atoms with E-state index in [1.54, 1.807) is 11.1 Å². The molecule has 174 valence electrons. The molecule has 1 aromatic carbocycles. The monoisotopic (exact) mass is 450 g/mol. The number of carbonyl (C=O) groups is 1. The highest BCUT2D eigenvalue weighted by molar-refractivity contribution is 5.94. The summed E-state index contributed by atoms with van der Waals surface area (Å²) in [5, 5.41) is 0. The van der Waals surface area contributed by atoms with Gasteiger partial charge < -0.3 is 9.88 Å². The fourth-order valence-corrected chi connectivity index (χ4v) is 4.36. The van der Waals surface area contributed by atoms with E-state index < -0.39 is 11.7 Å². The summed E-state index contributed by atoms with van der Waals surface area (Å²) < 4.78 is 38.3. The van der Waals surface area contributed by atoms with Crippen molar-refractivity contribution in [2.24, 2.45) is 0 Å². The van der Waals surface area contributed by atoms with Crippen molar-refractivity contribution in [3.63, 3.8) is 0 Å². The Balaban J connectivity index is 0.000000233. The normalized spacial score (nSPS) is 21.3. The van der Waals surface area contributed by atoms with E-state index >= 15 is 0 Å². The molecule has 0 radical (unpaired) electrons. The van der Waals surface area contributed by atoms with Crippen molar-refractivity contribution in [1.82, 2.24) is 19.8 Å². The summed E-state index contributed by atoms with van der Waals surface area (Å²) in [7, 11) is 0. The number of alkyl halides is 3. The molecule has 2 aliphatic heterocycles. The van der Waals surface area contributed by atoms with Crippen LogP contribution in [0.1, 0.15) is 61.1 Å². The Kier molecular flexibility index (Phi) is 6.64. The molecule has 3 heterocycles. The molecule has 2 aromatic rings. The van der Waals surface area contributed by atoms with Crippen LogP contribution in [0.25, 0.3) is 0 Å². The minimum absolute atomic E-state index is 0. The quantitative estimate of drug-likeness (QED) is 0.753. The summed E-state index contributed by atoms with van der Waals surface area (Å²) in [6.45, 7) is 3.27. The van der Waals surface area contributed by atoms with Gasteiger partial charge in [0, 0.05) is 44.8 Å². The van der Waals surface area contributed by atoms with Crippen LogP contribution in [0, 0.1) is 0 Å². The lowest BCUT2D eigenvalue weighted by Crippen LogP contribution is -2.39. The van der Waals surface area contributed by atoms with Crippen molar-refractivity contribution in [2.75, 3.05) is 26.2 Å². The van der Waals surface area contributed by atoms with Crippen molar-refractivity contribution in [3.8, 4) is 0 Å². The molecule has 1 atom stereocenters. The van der Waals surface area contributed by atoms with E-state index in [2.05, 4.69) is 14.9 Å². The number of amides is 1. The predicted molar refractivity (Wildman–Crippen MR) is 116 cm³/mol. The first-order valence-corrected chi connectivity index (χ1v) is 11.1. The molecule has 0 spiro atoms. The van der Waals surface area contributed by atoms with Gasteiger partial charge in [0.1, 0.15) is 0 Å². The highest BCUT2D eigenvalue weighted by Crippen LogP contribution is 2.38. The van der Waals surface area contributed by atoms with Crippen molar-refractivity contribution in [3.05, 3.63) is 63.8 Å². The SMILES string of the molecule is O=C(c1cccc(C(F)(F)F)c1)N1CCCN2CCCC2C1.O=c1cnc(C2CC2)c[nH]1.[HH]. The number of halogens is 3. The number of H-pyrrole nitrogens is 1. The van der Waals surface area contributed by atoms with Gasteiger partial charge in [0.2, 0.25) is 0 Å². The number of aromatic nitrogens is 2. The zero-order valence-corrected chi connectivity index (χ0v) is 17.8. The molecule has 3 fully saturated rings. The Bertz CT molecular complexity index is 989. The number of rotatable bonds is 2. The third-order valence-electron chi connectivity index (χ3n) is 6.22. The van der Waals surface area contributed by atoms with E-state index in [1.807, 2.05) is 0 Å². The Hall–Kier alpha value is -2.68. The summed E-state index contributed by atoms with van der Waals surface area (Å²) in [5.74, 6) is 0.330. The predicted octanol–water partition coefficient (Wildman–Crippen LogP) is 3.91. The van der Waals surface area contributed by atoms with Gasteiger partial charge in [0.15, 0.2) is 0 Å². The second kappa shape index (κ2) is 9.44. The molecule has 1 aromatic heterocycles. The van der Waals surface area contributed by atoms with Crippen molar-refractivity contribution in [1.29, 1.82) is 0 Å². The first kappa shape index (κ1) is 22.5. The van der Waals surface area contributed by atoms with Crippen LogP contribution in [-0.4, -0.2) is 57.9 Å². The molecule has 1 saturated carbocycles. The topological polar surface area (TPSA) is 69.3 Å². The third-order valence-corrected chi connectivity index (χ3v) is 6.22. The molecule has 1 N–H and O–H groups in total. The minimum Gasteiger partial charge on any atom is -0.337 e. The Labute approximate surface area is 185 Å². The lowest BCUT2D eigenvalue weighted by atomic mass is 10.1. The van der Waals surface area contributed by atoms with E-state index in [0.717, 1.165) is 50.2 Å². The summed E-state index contributed by atoms with van der Waals surface area (Å²) in [6, 6.07) is 5.08. The second-order valence-electron chi connectivity index (χ2n) is 8.63. The number of hydrogen-bond donors (Lipinski definition) is 1. The first-order chi connectivity index (χ1) is 15.3. The van der Waals surface area contributed by atoms with Gasteiger partial charge in [-0.1, -0.05) is 6.07 Å². The Morgan fingerprint density at radius 2 is 1.91 bits per heavy atom. The lowest BCUT2D eigenvalue weighted by molar-refractivity contribution is -0.137. The maximum atomic E-state index is 12.8. The second-order valence-corrected chi connectivity index (χ2v) is 8.63. The average molecular weight is 451 g/mol. The van der Waals surface area contributed by atoms with Gasteiger partial charge in [-0.2, -0.15) is 13.2 Å². The van der Waals surface area contributed by atoms with Crippen LogP contribution in [0.2, 0.25) is 0 Å². The fourth-order valence-electron chi connectivity index (χ4n) is 4.36. The average Bonchev–Trinajstić information content (AvgIpc) is 3.57. The van der Waals surface area contributed by atoms with Gasteiger partial charge in [-0.25, -0.2) is 0 Å². The fraction of sp³-hybridized carbons (Fsp3) is 0.522. The third kappa shape index (κ3) is 5.56. The maximum Gasteiger partial charge on any atom is 0.416 e. The molecule has 3 aliphatic rings. The maximum absolute atomic E-state index is 12.8. The van der Waals surface area contributed by atoms with Crippen LogP contribution in [0.4, 0.5) is 13.2 Å². The van der Waals surface area contributed by atoms with E-state index in [1.165, 1.54) is 31.2 Å². The Morgan fingerprint density at radius 3 is 2.59 bits per heavy atom. The summed E-state index contributed by atoms with van der Waals surface area (Å²) in [6.07, 6.45) is 4.15. The highest BCUT2D eigenvalue weighted by Gasteiger charge is 2.33. The van der Waals surface area contributed by atoms with Gasteiger partial charge in [-0.15, -0.1) is 0 Å². The number of hydrogen-bond acceptors (Lipinski definition) is 4. The molecule has 1 aliphatic carbocycles. The number of fused-ring (bicyclic) bond motifs is 1. The lowest BCUT2D eigenvalue weighted by Gasteiger charge is -2.26. The standard InChI is InChI=1S/C16H19F3N2O.C7H8N2O.H2/c17-16(18,19)13-5-1-4-12(10-13)15(22)21-9-3-8-20-7-2-6-14(20)11-21;10-7-4-8-6(3-9-7)5-1-2-5;/h1,4-5,10,14H,2-3,6-9,11H2;3-5H,1-2H2,(H,9,10);1H. The van der Waals surface area contributed by atoms with Crippen LogP contribution in [0.3, 0.4) is 0 Å². The number of benzene rings is 1. The molecular formula is C23H29F3N4O2. The van der Waals surface area contributed by atoms with Crippen LogP contribution >= 0.6 is 0 Å². The number of nitrogens with one attached hydrogen (secondary N) is 1. The van der Waals surface area contributed by atoms with Gasteiger partial charge in [0.05, 0.1) is 17.5 Å². The zero-order valence-electron chi connectivity index (χ0n) is 17.8. The van der Waals surface area contributed by atoms with E-state index in [4.69, 9.17) is 0 Å². The van der Waals surface area contributed by atoms with Crippen LogP contribution < -0.4 is 5.56 Å². The van der Waals surface area contributed by atoms with Gasteiger partial charge in [-0.3, -0.25) is 19.5 Å². The molecule has 1 unspecified atom stereocenters. The molecule has 2 saturated heterocycles. The van der Waals surface area contributed by atoms with Gasteiger partial charge >= 0.3 is 6.18 Å². The van der Waals surface area contributed by atoms with E-state index in [0.29, 0.717) is 25.0 Å². The van der Waals surface area contributed by atoms with Gasteiger partial charge in [0.25, 0.3) is 11.5 Å². The number of carbonyl (C=O) groups excluding carboxylic acids is 1. The minimum atomic E-state index is -4.42. The van der Waals surface area contributed by atoms with Crippen molar-refractivity contribution >= 4 is 5.91 Å². The number of aromatic amines is 1. The summed E-state index contributed by atoms with van der Waals surface area (Å²) in [4.78, 5) is 33.8. The zero-order chi connectivity index (χ0) is 22.7. The van der Waals surface area contributed by atoms with Crippen molar-refractivity contribution < 1.29 is 19.4 Å². The smallest absolute Gasteiger partial charge is 0.337 e. The Morgan fingerprint density at radius 1 is 1.12 bits per heavy atom. The van der Waals surface area contributed by atoms with Gasteiger partial charge in [-0.05, 0) is 56.8 Å². The van der Waals surface area contributed by atoms with Crippen LogP contribution in [-0.2, 0) is 6.18 Å². The number of nitrogens with zero attached hydrogens (tertiary/aromatic N) is 3. The molecule has 1 amide bonds. The highest BCUT2D eigenvalue weighted by atomic mass is 19.4. The molecule has 32 heavy (non-hydrogen) atoms. The summed E-state index contributed by atoms with van der Waals surface area (Å²) in [5.41, 5.74) is 0.265. The molecule has 9 heteroatoms. The van der Waals surface area contributed by atoms with E-state index in [9.17, 15) is 22.8 Å². The largest absolute Gasteiger partial charge is 0.416 e. The molecule has 5 rings (SSSR count). The van der Waals surface area contributed by atoms with E-state index in [-0.39, 0.29) is 18.5 Å². The molecule has 6 nitrogen and oxygen atoms in total. The molecule has 0 bridgehead atoms. The molecular weight excluding hydrogens is 421 g/mol. The first-order valence-electron chi connectivity index (χ1n) is 11.1. The van der Waals surface area contributed by atoms with Crippen LogP contribution in [0.5, 0.6) is 0 Å². The van der Waals surface area contributed by atoms with Crippen LogP contribution in [0.15, 0.2) is 41.5 Å².